The number of hydrogen-bond donors (Lipinski definition) is 3. The van der Waals surface area contributed by atoms with Gasteiger partial charge in [0.25, 0.3) is 11.8 Å². The highest BCUT2D eigenvalue weighted by Gasteiger charge is 2.31. The van der Waals surface area contributed by atoms with E-state index in [0.29, 0.717) is 35.8 Å². The second-order valence-electron chi connectivity index (χ2n) is 8.94. The fourth-order valence-corrected chi connectivity index (χ4v) is 5.54. The van der Waals surface area contributed by atoms with Crippen LogP contribution in [0, 0.1) is 0 Å². The number of aromatic nitrogens is 1. The zero-order chi connectivity index (χ0) is 25.8. The topological polar surface area (TPSA) is 138 Å². The number of piperidine rings is 1. The molecule has 0 bridgehead atoms. The Kier molecular flexibility index (Phi) is 7.68. The summed E-state index contributed by atoms with van der Waals surface area (Å²) in [5.74, 6) is -1.11. The number of carbonyl (C=O) groups excluding carboxylic acids is 4. The Morgan fingerprint density at radius 1 is 1.25 bits per heavy atom. The summed E-state index contributed by atoms with van der Waals surface area (Å²) in [4.78, 5) is 56.9. The van der Waals surface area contributed by atoms with Crippen molar-refractivity contribution in [2.24, 2.45) is 5.73 Å². The molecule has 2 aromatic rings. The summed E-state index contributed by atoms with van der Waals surface area (Å²) in [7, 11) is 1.63. The van der Waals surface area contributed by atoms with Crippen LogP contribution in [-0.4, -0.2) is 71.3 Å². The van der Waals surface area contributed by atoms with Crippen LogP contribution in [0.15, 0.2) is 35.7 Å². The van der Waals surface area contributed by atoms with Crippen LogP contribution in [0.2, 0.25) is 0 Å². The van der Waals surface area contributed by atoms with Crippen LogP contribution in [-0.2, 0) is 11.3 Å². The van der Waals surface area contributed by atoms with Gasteiger partial charge < -0.3 is 26.2 Å². The lowest BCUT2D eigenvalue weighted by molar-refractivity contribution is -0.114. The van der Waals surface area contributed by atoms with Crippen molar-refractivity contribution in [3.63, 3.8) is 0 Å². The number of fused-ring (bicyclic) bond motifs is 1. The van der Waals surface area contributed by atoms with Crippen molar-refractivity contribution < 1.29 is 19.2 Å². The number of urea groups is 1. The Bertz CT molecular complexity index is 1210. The van der Waals surface area contributed by atoms with Crippen LogP contribution in [0.4, 0.5) is 4.79 Å². The maximum Gasteiger partial charge on any atom is 0.317 e. The fraction of sp³-hybridized carbons (Fsp3) is 0.400. The summed E-state index contributed by atoms with van der Waals surface area (Å²) in [6.07, 6.45) is 3.66. The van der Waals surface area contributed by atoms with E-state index < -0.39 is 5.91 Å². The van der Waals surface area contributed by atoms with Gasteiger partial charge in [-0.15, -0.1) is 11.3 Å². The summed E-state index contributed by atoms with van der Waals surface area (Å²) in [6.45, 7) is 5.18. The predicted octanol–water partition coefficient (Wildman–Crippen LogP) is 2.12. The van der Waals surface area contributed by atoms with Gasteiger partial charge in [0.15, 0.2) is 0 Å². The molecule has 1 saturated heterocycles. The van der Waals surface area contributed by atoms with Crippen molar-refractivity contribution in [2.75, 3.05) is 26.7 Å². The van der Waals surface area contributed by atoms with Crippen molar-refractivity contribution >= 4 is 35.1 Å². The van der Waals surface area contributed by atoms with Crippen molar-refractivity contribution in [1.29, 1.82) is 0 Å². The zero-order valence-electron chi connectivity index (χ0n) is 20.2. The molecule has 4 rings (SSSR count). The van der Waals surface area contributed by atoms with Crippen molar-refractivity contribution in [1.82, 2.24) is 25.4 Å². The third kappa shape index (κ3) is 5.25. The lowest BCUT2D eigenvalue weighted by Crippen LogP contribution is -2.48. The van der Waals surface area contributed by atoms with E-state index in [1.807, 2.05) is 11.0 Å². The first-order chi connectivity index (χ1) is 17.3. The molecular formula is C25H30N6O4S. The van der Waals surface area contributed by atoms with Crippen molar-refractivity contribution in [3.05, 3.63) is 52.6 Å². The number of carbonyl (C=O) groups is 4. The smallest absolute Gasteiger partial charge is 0.317 e. The lowest BCUT2D eigenvalue weighted by Gasteiger charge is -2.35. The molecular weight excluding hydrogens is 480 g/mol. The first-order valence-electron chi connectivity index (χ1n) is 11.9. The third-order valence-electron chi connectivity index (χ3n) is 6.61. The molecule has 3 heterocycles. The number of primary amides is 1. The molecule has 190 valence electrons. The monoisotopic (exact) mass is 510 g/mol. The second-order valence-corrected chi connectivity index (χ2v) is 9.80. The first kappa shape index (κ1) is 25.4. The molecule has 4 N–H and O–H groups in total. The summed E-state index contributed by atoms with van der Waals surface area (Å²) < 4.78 is 0. The van der Waals surface area contributed by atoms with Gasteiger partial charge in [-0.05, 0) is 37.3 Å². The summed E-state index contributed by atoms with van der Waals surface area (Å²) in [6, 6.07) is 5.41. The minimum absolute atomic E-state index is 0.0617. The Labute approximate surface area is 213 Å². The van der Waals surface area contributed by atoms with E-state index in [4.69, 9.17) is 5.73 Å². The summed E-state index contributed by atoms with van der Waals surface area (Å²) in [5, 5.41) is 7.94. The van der Waals surface area contributed by atoms with E-state index in [9.17, 15) is 19.2 Å². The summed E-state index contributed by atoms with van der Waals surface area (Å²) >= 11 is 1.33. The zero-order valence-corrected chi connectivity index (χ0v) is 21.0. The van der Waals surface area contributed by atoms with Gasteiger partial charge in [-0.25, -0.2) is 9.78 Å². The maximum absolute atomic E-state index is 12.8. The quantitative estimate of drug-likeness (QED) is 0.467. The molecule has 1 atom stereocenters. The highest BCUT2D eigenvalue weighted by molar-refractivity contribution is 7.13. The fourth-order valence-electron chi connectivity index (χ4n) is 4.68. The van der Waals surface area contributed by atoms with E-state index in [1.54, 1.807) is 24.6 Å². The standard InChI is InChI=1S/C25H30N6O4S/c1-15(21(26)32)12-30-13-19-17(7-5-8-18(19)24(30)34)23-29-20(14-36-23)22(33)28-10-9-16-6-3-4-11-31(16)25(35)27-2/h5,7-8,14,16H,1,3-4,6,9-13H2,2H3,(H2,26,32)(H,27,35)(H,28,33). The van der Waals surface area contributed by atoms with E-state index in [0.717, 1.165) is 36.9 Å². The van der Waals surface area contributed by atoms with Crippen LogP contribution in [0.1, 0.15) is 52.1 Å². The van der Waals surface area contributed by atoms with Gasteiger partial charge in [0.05, 0.1) is 6.54 Å². The normalized spacial score (nSPS) is 17.0. The molecule has 2 aliphatic rings. The molecule has 11 heteroatoms. The van der Waals surface area contributed by atoms with Crippen LogP contribution >= 0.6 is 11.3 Å². The molecule has 1 unspecified atom stereocenters. The van der Waals surface area contributed by atoms with E-state index >= 15 is 0 Å². The van der Waals surface area contributed by atoms with E-state index in [1.165, 1.54) is 16.2 Å². The van der Waals surface area contributed by atoms with E-state index in [2.05, 4.69) is 22.2 Å². The number of amides is 5. The number of nitrogens with one attached hydrogen (secondary N) is 2. The summed E-state index contributed by atoms with van der Waals surface area (Å²) in [5.41, 5.74) is 7.87. The van der Waals surface area contributed by atoms with Crippen molar-refractivity contribution in [2.45, 2.75) is 38.3 Å². The van der Waals surface area contributed by atoms with Gasteiger partial charge in [-0.3, -0.25) is 14.4 Å². The number of likely N-dealkylation sites (tertiary alicyclic amines) is 1. The van der Waals surface area contributed by atoms with E-state index in [-0.39, 0.29) is 36.0 Å². The molecule has 1 aromatic heterocycles. The van der Waals surface area contributed by atoms with Gasteiger partial charge in [0.2, 0.25) is 5.91 Å². The lowest BCUT2D eigenvalue weighted by atomic mass is 10.00. The molecule has 1 fully saturated rings. The van der Waals surface area contributed by atoms with Crippen LogP contribution in [0.25, 0.3) is 10.6 Å². The molecule has 0 aliphatic carbocycles. The van der Waals surface area contributed by atoms with Gasteiger partial charge in [-0.1, -0.05) is 18.7 Å². The SMILES string of the molecule is C=C(CN1Cc2c(cccc2-c2nc(C(=O)NCCC3CCCCN3C(=O)NC)cs2)C1=O)C(N)=O. The highest BCUT2D eigenvalue weighted by atomic mass is 32.1. The molecule has 2 aliphatic heterocycles. The van der Waals surface area contributed by atoms with Crippen LogP contribution in [0.3, 0.4) is 0 Å². The number of rotatable bonds is 8. The Balaban J connectivity index is 1.40. The molecule has 36 heavy (non-hydrogen) atoms. The Hall–Kier alpha value is -3.73. The Morgan fingerprint density at radius 3 is 2.78 bits per heavy atom. The number of benzene rings is 1. The first-order valence-corrected chi connectivity index (χ1v) is 12.8. The van der Waals surface area contributed by atoms with Crippen LogP contribution in [0.5, 0.6) is 0 Å². The number of thiazole rings is 1. The minimum Gasteiger partial charge on any atom is -0.366 e. The van der Waals surface area contributed by atoms with Gasteiger partial charge >= 0.3 is 6.03 Å². The third-order valence-corrected chi connectivity index (χ3v) is 7.48. The average Bonchev–Trinajstić information content (AvgIpc) is 3.49. The minimum atomic E-state index is -0.639. The Morgan fingerprint density at radius 2 is 2.03 bits per heavy atom. The number of nitrogens with two attached hydrogens (primary N) is 1. The molecule has 0 radical (unpaired) electrons. The van der Waals surface area contributed by atoms with Crippen LogP contribution < -0.4 is 16.4 Å². The largest absolute Gasteiger partial charge is 0.366 e. The van der Waals surface area contributed by atoms with Crippen molar-refractivity contribution in [3.8, 4) is 10.6 Å². The molecule has 1 aromatic carbocycles. The second kappa shape index (κ2) is 10.9. The predicted molar refractivity (Wildman–Crippen MR) is 136 cm³/mol. The highest BCUT2D eigenvalue weighted by Crippen LogP contribution is 2.34. The maximum atomic E-state index is 12.8. The number of nitrogens with zero attached hydrogens (tertiary/aromatic N) is 3. The number of hydrogen-bond acceptors (Lipinski definition) is 6. The molecule has 0 saturated carbocycles. The van der Waals surface area contributed by atoms with Gasteiger partial charge in [0.1, 0.15) is 10.7 Å². The van der Waals surface area contributed by atoms with Gasteiger partial charge in [-0.2, -0.15) is 0 Å². The molecule has 10 nitrogen and oxygen atoms in total. The molecule has 0 spiro atoms. The average molecular weight is 511 g/mol. The van der Waals surface area contributed by atoms with Gasteiger partial charge in [0, 0.05) is 54.8 Å². The molecule has 5 amide bonds.